The Bertz CT molecular complexity index is 82.8. The van der Waals surface area contributed by atoms with E-state index in [1.54, 1.807) is 0 Å². The Hall–Kier alpha value is 0.390. The highest BCUT2D eigenvalue weighted by Gasteiger charge is 2.14. The molecule has 0 fully saturated rings. The summed E-state index contributed by atoms with van der Waals surface area (Å²) in [6.45, 7) is 13.4. The van der Waals surface area contributed by atoms with Crippen LogP contribution >= 0.6 is 8.73 Å². The van der Waals surface area contributed by atoms with E-state index < -0.39 is 0 Å². The molecule has 0 aliphatic heterocycles. The van der Waals surface area contributed by atoms with Crippen molar-refractivity contribution in [3.8, 4) is 0 Å². The van der Waals surface area contributed by atoms with Gasteiger partial charge in [-0.1, -0.05) is 20.8 Å². The van der Waals surface area contributed by atoms with Crippen LogP contribution in [0.15, 0.2) is 0 Å². The Labute approximate surface area is 66.8 Å². The molecule has 0 aromatic carbocycles. The molecular weight excluding hydrogens is 141 g/mol. The molecule has 0 rings (SSSR count). The van der Waals surface area contributed by atoms with Crippen LogP contribution in [0.1, 0.15) is 41.5 Å². The Morgan fingerprint density at radius 1 is 0.900 bits per heavy atom. The summed E-state index contributed by atoms with van der Waals surface area (Å²) in [7, 11) is 0.843. The van der Waals surface area contributed by atoms with Gasteiger partial charge in [-0.2, -0.15) is 0 Å². The van der Waals surface area contributed by atoms with Crippen LogP contribution in [0.25, 0.3) is 0 Å². The van der Waals surface area contributed by atoms with E-state index in [4.69, 9.17) is 0 Å². The molecule has 1 atom stereocenters. The molecule has 0 aromatic heterocycles. The Balaban J connectivity index is 3.56. The van der Waals surface area contributed by atoms with Crippen molar-refractivity contribution in [2.75, 3.05) is 0 Å². The quantitative estimate of drug-likeness (QED) is 0.583. The minimum Gasteiger partial charge on any atom is -0.293 e. The van der Waals surface area contributed by atoms with E-state index in [1.807, 2.05) is 0 Å². The van der Waals surface area contributed by atoms with Crippen molar-refractivity contribution in [3.63, 3.8) is 0 Å². The Morgan fingerprint density at radius 3 is 1.40 bits per heavy atom. The van der Waals surface area contributed by atoms with Crippen molar-refractivity contribution in [3.05, 3.63) is 0 Å². The van der Waals surface area contributed by atoms with Crippen molar-refractivity contribution in [2.24, 2.45) is 0 Å². The number of rotatable bonds is 1. The third-order valence-corrected chi connectivity index (χ3v) is 2.44. The predicted octanol–water partition coefficient (Wildman–Crippen LogP) is 2.77. The van der Waals surface area contributed by atoms with Crippen molar-refractivity contribution in [1.82, 2.24) is 5.09 Å². The molecule has 0 saturated carbocycles. The van der Waals surface area contributed by atoms with Gasteiger partial charge in [-0.15, -0.1) is 0 Å². The van der Waals surface area contributed by atoms with Crippen molar-refractivity contribution >= 4 is 8.73 Å². The highest BCUT2D eigenvalue weighted by atomic mass is 31.1. The van der Waals surface area contributed by atoms with Gasteiger partial charge in [0.15, 0.2) is 0 Å². The highest BCUT2D eigenvalue weighted by molar-refractivity contribution is 7.37. The summed E-state index contributed by atoms with van der Waals surface area (Å²) in [4.78, 5) is 0. The maximum Gasteiger partial charge on any atom is 0.0131 e. The molecule has 10 heavy (non-hydrogen) atoms. The van der Waals surface area contributed by atoms with Crippen molar-refractivity contribution < 1.29 is 0 Å². The predicted molar refractivity (Wildman–Crippen MR) is 51.0 cm³/mol. The van der Waals surface area contributed by atoms with E-state index in [9.17, 15) is 0 Å². The van der Waals surface area contributed by atoms with Gasteiger partial charge in [0.1, 0.15) is 0 Å². The zero-order valence-electron chi connectivity index (χ0n) is 8.00. The van der Waals surface area contributed by atoms with Crippen LogP contribution < -0.4 is 5.09 Å². The molecule has 62 valence electrons. The van der Waals surface area contributed by atoms with Gasteiger partial charge in [-0.25, -0.2) is 0 Å². The summed E-state index contributed by atoms with van der Waals surface area (Å²) >= 11 is 0. The molecule has 1 N–H and O–H groups in total. The molecule has 0 heterocycles. The maximum absolute atomic E-state index is 3.49. The Kier molecular flexibility index (Phi) is 3.32. The molecule has 1 unspecified atom stereocenters. The smallest absolute Gasteiger partial charge is 0.0131 e. The molecule has 2 heteroatoms. The summed E-state index contributed by atoms with van der Waals surface area (Å²) in [5.74, 6) is 0. The molecule has 0 bridgehead atoms. The van der Waals surface area contributed by atoms with Gasteiger partial charge in [0, 0.05) is 5.54 Å². The third kappa shape index (κ3) is 8.39. The highest BCUT2D eigenvalue weighted by Crippen LogP contribution is 2.28. The SMILES string of the molecule is CC(C)(C)NPC(C)(C)C. The van der Waals surface area contributed by atoms with E-state index in [0.29, 0.717) is 5.16 Å². The van der Waals surface area contributed by atoms with Gasteiger partial charge < -0.3 is 0 Å². The second-order valence-corrected chi connectivity index (χ2v) is 6.75. The average Bonchev–Trinajstić information content (AvgIpc) is 1.57. The first kappa shape index (κ1) is 10.4. The first-order valence-electron chi connectivity index (χ1n) is 3.75. The molecule has 1 nitrogen and oxygen atoms in total. The fourth-order valence-electron chi connectivity index (χ4n) is 0.375. The van der Waals surface area contributed by atoms with Crippen LogP contribution in [-0.4, -0.2) is 10.7 Å². The topological polar surface area (TPSA) is 12.0 Å². The maximum atomic E-state index is 3.49. The van der Waals surface area contributed by atoms with E-state index in [-0.39, 0.29) is 5.54 Å². The van der Waals surface area contributed by atoms with Crippen LogP contribution in [0, 0.1) is 0 Å². The lowest BCUT2D eigenvalue weighted by molar-refractivity contribution is 0.525. The second kappa shape index (κ2) is 3.19. The van der Waals surface area contributed by atoms with Gasteiger partial charge in [0.05, 0.1) is 0 Å². The van der Waals surface area contributed by atoms with Gasteiger partial charge in [-0.05, 0) is 34.7 Å². The summed E-state index contributed by atoms with van der Waals surface area (Å²) in [5, 5.41) is 3.91. The van der Waals surface area contributed by atoms with Crippen LogP contribution in [0.3, 0.4) is 0 Å². The molecule has 0 radical (unpaired) electrons. The van der Waals surface area contributed by atoms with E-state index in [2.05, 4.69) is 46.6 Å². The molecule has 0 aliphatic carbocycles. The fraction of sp³-hybridized carbons (Fsp3) is 1.00. The largest absolute Gasteiger partial charge is 0.293 e. The average molecular weight is 161 g/mol. The molecule has 0 aliphatic rings. The zero-order valence-corrected chi connectivity index (χ0v) is 9.00. The fourth-order valence-corrected chi connectivity index (χ4v) is 1.12. The lowest BCUT2D eigenvalue weighted by Gasteiger charge is -2.27. The van der Waals surface area contributed by atoms with E-state index in [0.717, 1.165) is 8.73 Å². The van der Waals surface area contributed by atoms with E-state index >= 15 is 0 Å². The second-order valence-electron chi connectivity index (χ2n) is 4.75. The van der Waals surface area contributed by atoms with Gasteiger partial charge >= 0.3 is 0 Å². The lowest BCUT2D eigenvalue weighted by Crippen LogP contribution is -2.32. The first-order valence-corrected chi connectivity index (χ1v) is 4.75. The lowest BCUT2D eigenvalue weighted by atomic mass is 10.1. The molecule has 0 spiro atoms. The Morgan fingerprint density at radius 2 is 1.30 bits per heavy atom. The third-order valence-electron chi connectivity index (χ3n) is 0.812. The monoisotopic (exact) mass is 161 g/mol. The minimum atomic E-state index is 0.270. The van der Waals surface area contributed by atoms with Crippen LogP contribution in [0.5, 0.6) is 0 Å². The summed E-state index contributed by atoms with van der Waals surface area (Å²) < 4.78 is 0. The summed E-state index contributed by atoms with van der Waals surface area (Å²) in [6, 6.07) is 0. The first-order chi connectivity index (χ1) is 4.21. The number of nitrogens with one attached hydrogen (secondary N) is 1. The standard InChI is InChI=1S/C8H20NP/c1-7(2,3)9-10-8(4,5)6/h9-10H,1-6H3. The number of hydrogen-bond donors (Lipinski definition) is 1. The van der Waals surface area contributed by atoms with Crippen molar-refractivity contribution in [1.29, 1.82) is 0 Å². The van der Waals surface area contributed by atoms with Crippen LogP contribution in [0.2, 0.25) is 0 Å². The van der Waals surface area contributed by atoms with Gasteiger partial charge in [-0.3, -0.25) is 5.09 Å². The van der Waals surface area contributed by atoms with Crippen LogP contribution in [0.4, 0.5) is 0 Å². The van der Waals surface area contributed by atoms with Gasteiger partial charge in [0.25, 0.3) is 0 Å². The molecule has 0 aromatic rings. The molecule has 0 saturated heterocycles. The minimum absolute atomic E-state index is 0.270. The molecular formula is C8H20NP. The summed E-state index contributed by atoms with van der Waals surface area (Å²) in [5.41, 5.74) is 0.270. The van der Waals surface area contributed by atoms with Gasteiger partial charge in [0.2, 0.25) is 0 Å². The number of hydrogen-bond acceptors (Lipinski definition) is 1. The summed E-state index contributed by atoms with van der Waals surface area (Å²) in [6.07, 6.45) is 0. The zero-order chi connectivity index (χ0) is 8.41. The van der Waals surface area contributed by atoms with Crippen molar-refractivity contribution in [2.45, 2.75) is 52.2 Å². The van der Waals surface area contributed by atoms with E-state index in [1.165, 1.54) is 0 Å². The normalized spacial score (nSPS) is 15.0. The van der Waals surface area contributed by atoms with Crippen LogP contribution in [-0.2, 0) is 0 Å². The molecule has 0 amide bonds.